The molecule has 3 heterocycles. The largest absolute Gasteiger partial charge is 0.440 e. The van der Waals surface area contributed by atoms with Crippen LogP contribution < -0.4 is 26.2 Å². The first-order valence-electron chi connectivity index (χ1n) is 23.1. The van der Waals surface area contributed by atoms with Crippen LogP contribution in [0.3, 0.4) is 0 Å². The number of fused-ring (bicyclic) bond motifs is 8. The molecule has 4 aliphatic rings. The second kappa shape index (κ2) is 12.7. The third-order valence-electron chi connectivity index (χ3n) is 15.8. The number of benzene rings is 5. The summed E-state index contributed by atoms with van der Waals surface area (Å²) in [5.41, 5.74) is 21.3. The van der Waals surface area contributed by atoms with E-state index >= 15 is 0 Å². The van der Waals surface area contributed by atoms with Gasteiger partial charge in [-0.3, -0.25) is 4.90 Å². The van der Waals surface area contributed by atoms with E-state index in [2.05, 4.69) is 199 Å². The predicted octanol–water partition coefficient (Wildman–Crippen LogP) is 14.1. The number of aryl methyl sites for hydroxylation is 1. The van der Waals surface area contributed by atoms with E-state index in [-0.39, 0.29) is 39.2 Å². The Morgan fingerprint density at radius 3 is 1.67 bits per heavy atom. The van der Waals surface area contributed by atoms with Gasteiger partial charge in [-0.15, -0.1) is 0 Å². The molecule has 0 saturated heterocycles. The Morgan fingerprint density at radius 2 is 1.07 bits per heavy atom. The molecule has 0 saturated carbocycles. The average Bonchev–Trinajstić information content (AvgIpc) is 3.56. The second-order valence-electron chi connectivity index (χ2n) is 24.1. The molecule has 3 nitrogen and oxygen atoms in total. The zero-order valence-corrected chi connectivity index (χ0v) is 39.8. The van der Waals surface area contributed by atoms with Crippen molar-refractivity contribution < 1.29 is 4.42 Å². The van der Waals surface area contributed by atoms with Gasteiger partial charge in [0.1, 0.15) is 5.58 Å². The monoisotopic (exact) mass is 807 g/mol. The quantitative estimate of drug-likeness (QED) is 0.162. The highest BCUT2D eigenvalue weighted by Gasteiger charge is 2.49. The summed E-state index contributed by atoms with van der Waals surface area (Å²) >= 11 is 0. The van der Waals surface area contributed by atoms with Gasteiger partial charge in [-0.05, 0) is 157 Å². The summed E-state index contributed by atoms with van der Waals surface area (Å²) in [7, 11) is 0. The van der Waals surface area contributed by atoms with Gasteiger partial charge in [0.15, 0.2) is 0 Å². The maximum absolute atomic E-state index is 7.22. The van der Waals surface area contributed by atoms with E-state index in [1.165, 1.54) is 115 Å². The molecule has 6 aromatic rings. The summed E-state index contributed by atoms with van der Waals surface area (Å²) < 4.78 is 7.22. The number of para-hydroxylation sites is 1. The highest BCUT2D eigenvalue weighted by molar-refractivity contribution is 7.01. The molecule has 0 atom stereocenters. The maximum Gasteiger partial charge on any atom is 0.257 e. The van der Waals surface area contributed by atoms with Crippen molar-refractivity contribution in [2.24, 2.45) is 0 Å². The van der Waals surface area contributed by atoms with Gasteiger partial charge in [0.25, 0.3) is 6.71 Å². The van der Waals surface area contributed by atoms with Crippen molar-refractivity contribution in [2.75, 3.05) is 9.80 Å². The molecule has 0 radical (unpaired) electrons. The van der Waals surface area contributed by atoms with Gasteiger partial charge in [0, 0.05) is 33.6 Å². The van der Waals surface area contributed by atoms with E-state index in [4.69, 9.17) is 4.42 Å². The minimum absolute atomic E-state index is 0.0199. The Balaban J connectivity index is 1.36. The third kappa shape index (κ3) is 5.97. The van der Waals surface area contributed by atoms with E-state index in [0.717, 1.165) is 11.5 Å². The highest BCUT2D eigenvalue weighted by Crippen LogP contribution is 2.53. The fourth-order valence-corrected chi connectivity index (χ4v) is 11.6. The summed E-state index contributed by atoms with van der Waals surface area (Å²) in [6, 6.07) is 33.7. The second-order valence-corrected chi connectivity index (χ2v) is 24.1. The normalized spacial score (nSPS) is 19.2. The van der Waals surface area contributed by atoms with Gasteiger partial charge in [-0.1, -0.05) is 139 Å². The van der Waals surface area contributed by atoms with Crippen molar-refractivity contribution >= 4 is 68.4 Å². The number of hydrogen-bond donors (Lipinski definition) is 0. The van der Waals surface area contributed by atoms with Crippen molar-refractivity contribution in [3.63, 3.8) is 0 Å². The number of hydrogen-bond acceptors (Lipinski definition) is 3. The highest BCUT2D eigenvalue weighted by atomic mass is 16.4. The third-order valence-corrected chi connectivity index (χ3v) is 15.8. The molecular formula is C57H67BN2O. The van der Waals surface area contributed by atoms with Crippen molar-refractivity contribution in [3.05, 3.63) is 124 Å². The van der Waals surface area contributed by atoms with Gasteiger partial charge >= 0.3 is 0 Å². The molecule has 1 aromatic heterocycles. The lowest BCUT2D eigenvalue weighted by molar-refractivity contribution is 0.332. The van der Waals surface area contributed by atoms with Crippen LogP contribution in [0.1, 0.15) is 162 Å². The van der Waals surface area contributed by atoms with Gasteiger partial charge in [-0.25, -0.2) is 0 Å². The Kier molecular flexibility index (Phi) is 8.41. The van der Waals surface area contributed by atoms with Crippen LogP contribution in [0.15, 0.2) is 89.3 Å². The van der Waals surface area contributed by atoms with Crippen LogP contribution >= 0.6 is 0 Å². The van der Waals surface area contributed by atoms with E-state index in [0.29, 0.717) is 0 Å². The molecule has 2 aliphatic heterocycles. The topological polar surface area (TPSA) is 19.6 Å². The molecule has 0 N–H and O–H groups in total. The van der Waals surface area contributed by atoms with Crippen molar-refractivity contribution in [2.45, 2.75) is 162 Å². The van der Waals surface area contributed by atoms with E-state index < -0.39 is 0 Å². The first kappa shape index (κ1) is 40.4. The molecule has 0 fully saturated rings. The SMILES string of the molecule is Cc1cc(C(C)(C)C)ccc1N1c2cc(C(C)(C)C)cc3c2B(c2cc4c(cc2N3c2ccc3c(c2)C(C)(C)CCC3(C)C)C(C)(C)CCC4(C)C)c2c1oc1ccccc21. The minimum Gasteiger partial charge on any atom is -0.440 e. The molecule has 61 heavy (non-hydrogen) atoms. The number of furan rings is 1. The van der Waals surface area contributed by atoms with Crippen LogP contribution in [-0.4, -0.2) is 6.71 Å². The van der Waals surface area contributed by atoms with Crippen LogP contribution in [0.25, 0.3) is 11.0 Å². The first-order valence-corrected chi connectivity index (χ1v) is 23.1. The van der Waals surface area contributed by atoms with Crippen LogP contribution in [0.2, 0.25) is 0 Å². The summed E-state index contributed by atoms with van der Waals surface area (Å²) in [6.45, 7) is 36.0. The molecule has 2 aliphatic carbocycles. The number of nitrogens with zero attached hydrogens (tertiary/aromatic N) is 2. The summed E-state index contributed by atoms with van der Waals surface area (Å²) in [5.74, 6) is 0.941. The molecule has 10 rings (SSSR count). The van der Waals surface area contributed by atoms with Crippen molar-refractivity contribution in [3.8, 4) is 0 Å². The maximum atomic E-state index is 7.22. The van der Waals surface area contributed by atoms with Crippen molar-refractivity contribution in [1.29, 1.82) is 0 Å². The molecule has 5 aromatic carbocycles. The molecule has 0 unspecified atom stereocenters. The van der Waals surface area contributed by atoms with Gasteiger partial charge in [0.05, 0.1) is 5.69 Å². The molecule has 4 heteroatoms. The average molecular weight is 807 g/mol. The van der Waals surface area contributed by atoms with Gasteiger partial charge < -0.3 is 9.32 Å². The fraction of sp³-hybridized carbons (Fsp3) is 0.439. The summed E-state index contributed by atoms with van der Waals surface area (Å²) in [5, 5.41) is 1.20. The van der Waals surface area contributed by atoms with Crippen LogP contribution in [-0.2, 0) is 32.5 Å². The Labute approximate surface area is 367 Å². The summed E-state index contributed by atoms with van der Waals surface area (Å²) in [4.78, 5) is 5.19. The standard InChI is InChI=1S/C57H67BN2O/c1-34-28-35(52(2,3)4)20-23-44(34)60-47-30-36(53(5,6)7)29-46-50(47)58(49-38-18-16-17-19-48(38)61-51(49)60)43-32-41-42(57(14,15)27-26-56(41,12)13)33-45(43)59(46)37-21-22-39-40(31-37)55(10,11)25-24-54(39,8)9/h16-23,28-33H,24-27H2,1-15H3. The molecular weight excluding hydrogens is 739 g/mol. The van der Waals surface area contributed by atoms with E-state index in [9.17, 15) is 0 Å². The zero-order chi connectivity index (χ0) is 43.6. The van der Waals surface area contributed by atoms with Crippen LogP contribution in [0.5, 0.6) is 0 Å². The smallest absolute Gasteiger partial charge is 0.257 e. The zero-order valence-electron chi connectivity index (χ0n) is 39.8. The molecule has 0 bridgehead atoms. The Bertz CT molecular complexity index is 2820. The van der Waals surface area contributed by atoms with Crippen molar-refractivity contribution in [1.82, 2.24) is 0 Å². The Hall–Kier alpha value is -4.70. The number of rotatable bonds is 2. The summed E-state index contributed by atoms with van der Waals surface area (Å²) in [6.07, 6.45) is 4.72. The molecule has 0 spiro atoms. The van der Waals surface area contributed by atoms with Crippen LogP contribution in [0.4, 0.5) is 34.3 Å². The predicted molar refractivity (Wildman–Crippen MR) is 263 cm³/mol. The number of anilines is 6. The lowest BCUT2D eigenvalue weighted by atomic mass is 9.33. The van der Waals surface area contributed by atoms with Gasteiger partial charge in [-0.2, -0.15) is 0 Å². The first-order chi connectivity index (χ1) is 28.4. The molecule has 0 amide bonds. The van der Waals surface area contributed by atoms with E-state index in [1.54, 1.807) is 0 Å². The molecule has 314 valence electrons. The lowest BCUT2D eigenvalue weighted by Crippen LogP contribution is -2.61. The van der Waals surface area contributed by atoms with Crippen LogP contribution in [0, 0.1) is 6.92 Å². The van der Waals surface area contributed by atoms with E-state index in [1.807, 2.05) is 0 Å². The van der Waals surface area contributed by atoms with Gasteiger partial charge in [0.2, 0.25) is 5.88 Å². The lowest BCUT2D eigenvalue weighted by Gasteiger charge is -2.47. The Morgan fingerprint density at radius 1 is 0.508 bits per heavy atom. The fourth-order valence-electron chi connectivity index (χ4n) is 11.6. The minimum atomic E-state index is -0.109.